The Balaban J connectivity index is 1.73. The molecule has 1 aliphatic carbocycles. The van der Waals surface area contributed by atoms with E-state index in [1.807, 2.05) is 0 Å². The van der Waals surface area contributed by atoms with Gasteiger partial charge < -0.3 is 25.6 Å². The van der Waals surface area contributed by atoms with Gasteiger partial charge in [-0.15, -0.1) is 0 Å². The number of amides is 2. The predicted octanol–water partition coefficient (Wildman–Crippen LogP) is 4.58. The van der Waals surface area contributed by atoms with Gasteiger partial charge in [-0.3, -0.25) is 14.9 Å². The second-order valence-corrected chi connectivity index (χ2v) is 11.3. The summed E-state index contributed by atoms with van der Waals surface area (Å²) in [6.45, 7) is 1.53. The van der Waals surface area contributed by atoms with Crippen LogP contribution in [-0.2, 0) is 15.9 Å². The first kappa shape index (κ1) is 33.0. The van der Waals surface area contributed by atoms with Crippen LogP contribution in [0.15, 0.2) is 48.5 Å². The number of nitrogens with two attached hydrogens (primary N) is 1. The van der Waals surface area contributed by atoms with Crippen molar-refractivity contribution in [3.05, 3.63) is 76.2 Å². The molecule has 14 heteroatoms. The fourth-order valence-corrected chi connectivity index (χ4v) is 4.42. The molecular weight excluding hydrogens is 608 g/mol. The molecule has 1 aromatic heterocycles. The Morgan fingerprint density at radius 1 is 1.09 bits per heavy atom. The van der Waals surface area contributed by atoms with Gasteiger partial charge in [0, 0.05) is 16.7 Å². The fourth-order valence-electron chi connectivity index (χ4n) is 4.23. The first-order chi connectivity index (χ1) is 20.5. The number of primary amides is 1. The van der Waals surface area contributed by atoms with E-state index in [0.29, 0.717) is 5.75 Å². The number of alkyl halides is 3. The quantitative estimate of drug-likeness (QED) is 0.213. The van der Waals surface area contributed by atoms with E-state index in [4.69, 9.17) is 26.8 Å². The summed E-state index contributed by atoms with van der Waals surface area (Å²) in [5.41, 5.74) is -0.263. The molecule has 0 saturated heterocycles. The molecule has 1 saturated carbocycles. The molecule has 0 spiro atoms. The third-order valence-electron chi connectivity index (χ3n) is 7.11. The highest BCUT2D eigenvalue weighted by Crippen LogP contribution is 2.41. The van der Waals surface area contributed by atoms with E-state index >= 15 is 0 Å². The Kier molecular flexibility index (Phi) is 9.43. The van der Waals surface area contributed by atoms with E-state index in [1.165, 1.54) is 43.5 Å². The molecule has 1 fully saturated rings. The summed E-state index contributed by atoms with van der Waals surface area (Å²) in [4.78, 5) is 28.5. The number of nitrogens with one attached hydrogen (secondary N) is 2. The molecule has 3 aromatic rings. The minimum atomic E-state index is -5.33. The lowest BCUT2D eigenvalue weighted by molar-refractivity contribution is -0.265. The molecule has 1 aliphatic rings. The van der Waals surface area contributed by atoms with Gasteiger partial charge in [0.1, 0.15) is 5.82 Å². The fraction of sp³-hybridized carbons (Fsp3) is 0.367. The van der Waals surface area contributed by atoms with Crippen molar-refractivity contribution in [1.82, 2.24) is 15.6 Å². The Morgan fingerprint density at radius 3 is 2.39 bits per heavy atom. The van der Waals surface area contributed by atoms with Gasteiger partial charge in [-0.05, 0) is 80.8 Å². The van der Waals surface area contributed by atoms with Crippen LogP contribution < -0.4 is 25.8 Å². The molecule has 1 atom stereocenters. The van der Waals surface area contributed by atoms with Crippen LogP contribution in [0.2, 0.25) is 5.02 Å². The molecule has 1 unspecified atom stereocenters. The number of nitrogens with zero attached hydrogens (tertiary/aromatic N) is 1. The van der Waals surface area contributed by atoms with Crippen LogP contribution in [-0.4, -0.2) is 54.4 Å². The van der Waals surface area contributed by atoms with E-state index < -0.39 is 47.2 Å². The highest BCUT2D eigenvalue weighted by Gasteiger charge is 2.56. The van der Waals surface area contributed by atoms with Gasteiger partial charge >= 0.3 is 6.18 Å². The monoisotopic (exact) mass is 638 g/mol. The van der Waals surface area contributed by atoms with Crippen molar-refractivity contribution in [2.45, 2.75) is 50.1 Å². The number of carbonyl (C=O) groups excluding carboxylic acids is 2. The number of aromatic nitrogens is 1. The smallest absolute Gasteiger partial charge is 0.424 e. The van der Waals surface area contributed by atoms with Crippen molar-refractivity contribution in [3.63, 3.8) is 0 Å². The van der Waals surface area contributed by atoms with E-state index in [0.717, 1.165) is 25.0 Å². The zero-order valence-corrected chi connectivity index (χ0v) is 24.8. The second-order valence-electron chi connectivity index (χ2n) is 10.9. The van der Waals surface area contributed by atoms with Crippen LogP contribution in [0.4, 0.5) is 17.6 Å². The zero-order chi connectivity index (χ0) is 32.4. The van der Waals surface area contributed by atoms with Crippen LogP contribution in [0.25, 0.3) is 11.3 Å². The highest BCUT2D eigenvalue weighted by atomic mass is 35.5. The maximum atomic E-state index is 14.6. The molecule has 4 rings (SSSR count). The molecule has 9 nitrogen and oxygen atoms in total. The largest absolute Gasteiger partial charge is 0.493 e. The molecule has 0 aliphatic heterocycles. The number of carbonyl (C=O) groups is 2. The molecule has 0 bridgehead atoms. The molecule has 0 radical (unpaired) electrons. The van der Waals surface area contributed by atoms with Gasteiger partial charge in [0.05, 0.1) is 42.7 Å². The van der Waals surface area contributed by atoms with E-state index in [-0.39, 0.29) is 45.8 Å². The summed E-state index contributed by atoms with van der Waals surface area (Å²) in [7, 11) is 1.36. The Hall–Kier alpha value is -3.94. The number of rotatable bonds is 12. The van der Waals surface area contributed by atoms with Crippen LogP contribution in [0.5, 0.6) is 11.5 Å². The predicted molar refractivity (Wildman–Crippen MR) is 154 cm³/mol. The summed E-state index contributed by atoms with van der Waals surface area (Å²) in [5, 5.41) is 15.9. The number of halogens is 5. The summed E-state index contributed by atoms with van der Waals surface area (Å²) >= 11 is 5.92. The Bertz CT molecular complexity index is 1560. The van der Waals surface area contributed by atoms with Crippen molar-refractivity contribution in [2.24, 2.45) is 5.73 Å². The third kappa shape index (κ3) is 7.40. The van der Waals surface area contributed by atoms with Gasteiger partial charge in [-0.1, -0.05) is 11.6 Å². The topological polar surface area (TPSA) is 136 Å². The SMILES string of the molecule is COc1cc(C(=O)NCC(O)(c2cc(C(C)(C)NCC(N)=O)cc(-c3ccc(F)c(Cl)c3)n2)C(F)(F)F)ccc1OC1CC1. The third-order valence-corrected chi connectivity index (χ3v) is 7.40. The van der Waals surface area contributed by atoms with Crippen LogP contribution in [0.3, 0.4) is 0 Å². The molecule has 1 heterocycles. The zero-order valence-electron chi connectivity index (χ0n) is 24.0. The van der Waals surface area contributed by atoms with E-state index in [1.54, 1.807) is 13.8 Å². The molecular formula is C30H31ClF4N4O5. The van der Waals surface area contributed by atoms with Gasteiger partial charge in [-0.25, -0.2) is 9.37 Å². The molecule has 2 aromatic carbocycles. The van der Waals surface area contributed by atoms with Crippen molar-refractivity contribution in [1.29, 1.82) is 0 Å². The Morgan fingerprint density at radius 2 is 1.80 bits per heavy atom. The summed E-state index contributed by atoms with van der Waals surface area (Å²) < 4.78 is 68.8. The van der Waals surface area contributed by atoms with E-state index in [2.05, 4.69) is 15.6 Å². The summed E-state index contributed by atoms with van der Waals surface area (Å²) in [6.07, 6.45) is -3.52. The van der Waals surface area contributed by atoms with Gasteiger partial charge in [-0.2, -0.15) is 13.2 Å². The second kappa shape index (κ2) is 12.6. The Labute approximate surface area is 255 Å². The van der Waals surface area contributed by atoms with Gasteiger partial charge in [0.2, 0.25) is 11.5 Å². The maximum Gasteiger partial charge on any atom is 0.424 e. The lowest BCUT2D eigenvalue weighted by Crippen LogP contribution is -2.52. The first-order valence-electron chi connectivity index (χ1n) is 13.5. The average Bonchev–Trinajstić information content (AvgIpc) is 3.79. The highest BCUT2D eigenvalue weighted by molar-refractivity contribution is 6.31. The van der Waals surface area contributed by atoms with Crippen LogP contribution in [0, 0.1) is 5.82 Å². The molecule has 2 amide bonds. The normalized spacial score (nSPS) is 14.9. The number of hydrogen-bond acceptors (Lipinski definition) is 7. The summed E-state index contributed by atoms with van der Waals surface area (Å²) in [5.74, 6) is -1.78. The lowest BCUT2D eigenvalue weighted by Gasteiger charge is -2.33. The molecule has 5 N–H and O–H groups in total. The van der Waals surface area contributed by atoms with Gasteiger partial charge in [0.15, 0.2) is 11.5 Å². The van der Waals surface area contributed by atoms with Crippen molar-refractivity contribution < 1.29 is 41.7 Å². The number of methoxy groups -OCH3 is 1. The molecule has 236 valence electrons. The van der Waals surface area contributed by atoms with Crippen molar-refractivity contribution in [2.75, 3.05) is 20.2 Å². The summed E-state index contributed by atoms with van der Waals surface area (Å²) in [6, 6.07) is 10.0. The number of benzene rings is 2. The van der Waals surface area contributed by atoms with Gasteiger partial charge in [0.25, 0.3) is 5.91 Å². The number of pyridine rings is 1. The minimum Gasteiger partial charge on any atom is -0.493 e. The van der Waals surface area contributed by atoms with E-state index in [9.17, 15) is 32.3 Å². The van der Waals surface area contributed by atoms with Crippen molar-refractivity contribution in [3.8, 4) is 22.8 Å². The van der Waals surface area contributed by atoms with Crippen molar-refractivity contribution >= 4 is 23.4 Å². The lowest BCUT2D eigenvalue weighted by atomic mass is 9.88. The first-order valence-corrected chi connectivity index (χ1v) is 13.9. The number of ether oxygens (including phenoxy) is 2. The van der Waals surface area contributed by atoms with Crippen LogP contribution >= 0.6 is 11.6 Å². The number of hydrogen-bond donors (Lipinski definition) is 4. The average molecular weight is 639 g/mol. The number of aliphatic hydroxyl groups is 1. The minimum absolute atomic E-state index is 0.0327. The standard InChI is InChI=1S/C30H31ClF4N4O5/c1-28(2,38-14-26(36)40)18-12-22(16-4-8-21(32)20(31)10-16)39-25(13-18)29(42,30(33,34)35)15-37-27(41)17-5-9-23(24(11-17)43-3)44-19-6-7-19/h4-5,8-13,19,38,42H,6-7,14-15H2,1-3H3,(H2,36,40)(H,37,41). The van der Waals surface area contributed by atoms with Crippen LogP contribution in [0.1, 0.15) is 48.3 Å². The molecule has 44 heavy (non-hydrogen) atoms. The maximum absolute atomic E-state index is 14.6.